The van der Waals surface area contributed by atoms with Gasteiger partial charge in [0.1, 0.15) is 6.61 Å². The first-order valence-electron chi connectivity index (χ1n) is 5.75. The first kappa shape index (κ1) is 13.0. The van der Waals surface area contributed by atoms with E-state index in [1.54, 1.807) is 12.1 Å². The minimum Gasteiger partial charge on any atom is -0.489 e. The predicted octanol–water partition coefficient (Wildman–Crippen LogP) is 2.90. The molecule has 16 heavy (non-hydrogen) atoms. The van der Waals surface area contributed by atoms with Gasteiger partial charge in [-0.3, -0.25) is 0 Å². The fourth-order valence-electron chi connectivity index (χ4n) is 1.39. The Bertz CT molecular complexity index is 328. The normalized spacial score (nSPS) is 12.5. The number of hydrogen-bond donors (Lipinski definition) is 1. The van der Waals surface area contributed by atoms with Gasteiger partial charge in [-0.05, 0) is 44.5 Å². The van der Waals surface area contributed by atoms with Crippen molar-refractivity contribution in [3.63, 3.8) is 0 Å². The van der Waals surface area contributed by atoms with E-state index in [0.717, 1.165) is 18.5 Å². The van der Waals surface area contributed by atoms with Crippen LogP contribution in [0.3, 0.4) is 0 Å². The maximum absolute atomic E-state index is 13.3. The van der Waals surface area contributed by atoms with Crippen molar-refractivity contribution in [2.45, 2.75) is 33.2 Å². The molecule has 0 aliphatic heterocycles. The van der Waals surface area contributed by atoms with E-state index in [2.05, 4.69) is 12.2 Å². The standard InChI is InChI=1S/C13H20FNO/c1-4-7-15-11(3)9-16-13-8-10(2)5-6-12(13)14/h5-6,8,11,15H,4,7,9H2,1-3H3. The molecule has 1 rings (SSSR count). The third-order valence-corrected chi connectivity index (χ3v) is 2.32. The Kier molecular flexibility index (Phi) is 5.26. The van der Waals surface area contributed by atoms with Crippen molar-refractivity contribution in [1.29, 1.82) is 0 Å². The molecule has 1 N–H and O–H groups in total. The zero-order valence-electron chi connectivity index (χ0n) is 10.2. The van der Waals surface area contributed by atoms with Crippen LogP contribution in [0.5, 0.6) is 5.75 Å². The molecule has 2 nitrogen and oxygen atoms in total. The molecule has 0 aliphatic carbocycles. The number of aryl methyl sites for hydroxylation is 1. The molecule has 0 fully saturated rings. The number of nitrogens with one attached hydrogen (secondary N) is 1. The Morgan fingerprint density at radius 2 is 2.19 bits per heavy atom. The van der Waals surface area contributed by atoms with E-state index in [-0.39, 0.29) is 11.9 Å². The second kappa shape index (κ2) is 6.48. The summed E-state index contributed by atoms with van der Waals surface area (Å²) in [6.45, 7) is 7.51. The van der Waals surface area contributed by atoms with Crippen molar-refractivity contribution in [2.24, 2.45) is 0 Å². The van der Waals surface area contributed by atoms with Crippen LogP contribution in [0.15, 0.2) is 18.2 Å². The zero-order chi connectivity index (χ0) is 12.0. The van der Waals surface area contributed by atoms with E-state index in [0.29, 0.717) is 12.4 Å². The van der Waals surface area contributed by atoms with Crippen LogP contribution in [0.1, 0.15) is 25.8 Å². The summed E-state index contributed by atoms with van der Waals surface area (Å²) in [7, 11) is 0. The van der Waals surface area contributed by atoms with Gasteiger partial charge in [0.2, 0.25) is 0 Å². The summed E-state index contributed by atoms with van der Waals surface area (Å²) < 4.78 is 18.8. The van der Waals surface area contributed by atoms with Gasteiger partial charge < -0.3 is 10.1 Å². The van der Waals surface area contributed by atoms with Crippen LogP contribution in [0, 0.1) is 12.7 Å². The van der Waals surface area contributed by atoms with Crippen LogP contribution in [-0.4, -0.2) is 19.2 Å². The highest BCUT2D eigenvalue weighted by Crippen LogP contribution is 2.18. The molecule has 0 saturated heterocycles. The Morgan fingerprint density at radius 3 is 2.88 bits per heavy atom. The molecule has 0 aromatic heterocycles. The highest BCUT2D eigenvalue weighted by molar-refractivity contribution is 5.29. The first-order valence-corrected chi connectivity index (χ1v) is 5.75. The molecule has 0 saturated carbocycles. The Morgan fingerprint density at radius 1 is 1.44 bits per heavy atom. The number of hydrogen-bond acceptors (Lipinski definition) is 2. The van der Waals surface area contributed by atoms with Gasteiger partial charge in [-0.25, -0.2) is 4.39 Å². The summed E-state index contributed by atoms with van der Waals surface area (Å²) in [5, 5.41) is 3.29. The van der Waals surface area contributed by atoms with E-state index in [4.69, 9.17) is 4.74 Å². The first-order chi connectivity index (χ1) is 7.63. The highest BCUT2D eigenvalue weighted by atomic mass is 19.1. The molecular weight excluding hydrogens is 205 g/mol. The van der Waals surface area contributed by atoms with Crippen molar-refractivity contribution in [3.05, 3.63) is 29.6 Å². The molecule has 1 atom stereocenters. The predicted molar refractivity (Wildman–Crippen MR) is 64.4 cm³/mol. The number of rotatable bonds is 6. The van der Waals surface area contributed by atoms with Gasteiger partial charge in [-0.15, -0.1) is 0 Å². The van der Waals surface area contributed by atoms with E-state index in [1.165, 1.54) is 6.07 Å². The molecule has 3 heteroatoms. The molecule has 0 heterocycles. The van der Waals surface area contributed by atoms with Gasteiger partial charge in [-0.2, -0.15) is 0 Å². The molecule has 0 amide bonds. The lowest BCUT2D eigenvalue weighted by Crippen LogP contribution is -2.32. The van der Waals surface area contributed by atoms with Gasteiger partial charge in [0.15, 0.2) is 11.6 Å². The molecule has 0 spiro atoms. The maximum Gasteiger partial charge on any atom is 0.165 e. The fourth-order valence-corrected chi connectivity index (χ4v) is 1.39. The quantitative estimate of drug-likeness (QED) is 0.803. The SMILES string of the molecule is CCCNC(C)COc1cc(C)ccc1F. The van der Waals surface area contributed by atoms with Gasteiger partial charge in [-0.1, -0.05) is 13.0 Å². The highest BCUT2D eigenvalue weighted by Gasteiger charge is 2.06. The summed E-state index contributed by atoms with van der Waals surface area (Å²) in [5.41, 5.74) is 1.01. The van der Waals surface area contributed by atoms with Crippen LogP contribution in [0.2, 0.25) is 0 Å². The summed E-state index contributed by atoms with van der Waals surface area (Å²) in [6.07, 6.45) is 1.09. The summed E-state index contributed by atoms with van der Waals surface area (Å²) in [6, 6.07) is 5.14. The van der Waals surface area contributed by atoms with Crippen LogP contribution in [0.4, 0.5) is 4.39 Å². The minimum absolute atomic E-state index is 0.236. The van der Waals surface area contributed by atoms with Gasteiger partial charge in [0.05, 0.1) is 0 Å². The third-order valence-electron chi connectivity index (χ3n) is 2.32. The van der Waals surface area contributed by atoms with Gasteiger partial charge in [0, 0.05) is 6.04 Å². The smallest absolute Gasteiger partial charge is 0.165 e. The number of halogens is 1. The van der Waals surface area contributed by atoms with E-state index < -0.39 is 0 Å². The molecule has 1 unspecified atom stereocenters. The molecule has 0 bridgehead atoms. The molecule has 0 aliphatic rings. The average Bonchev–Trinajstić information content (AvgIpc) is 2.27. The summed E-state index contributed by atoms with van der Waals surface area (Å²) in [5.74, 6) is 0.0402. The Balaban J connectivity index is 2.44. The Hall–Kier alpha value is -1.09. The fraction of sp³-hybridized carbons (Fsp3) is 0.538. The molecule has 1 aromatic rings. The van der Waals surface area contributed by atoms with Gasteiger partial charge in [0.25, 0.3) is 0 Å². The van der Waals surface area contributed by atoms with Crippen LogP contribution in [0.25, 0.3) is 0 Å². The van der Waals surface area contributed by atoms with Crippen molar-refractivity contribution >= 4 is 0 Å². The van der Waals surface area contributed by atoms with Crippen molar-refractivity contribution < 1.29 is 9.13 Å². The lowest BCUT2D eigenvalue weighted by Gasteiger charge is -2.15. The van der Waals surface area contributed by atoms with Crippen LogP contribution >= 0.6 is 0 Å². The van der Waals surface area contributed by atoms with Crippen LogP contribution < -0.4 is 10.1 Å². The monoisotopic (exact) mass is 225 g/mol. The zero-order valence-corrected chi connectivity index (χ0v) is 10.2. The van der Waals surface area contributed by atoms with Crippen molar-refractivity contribution in [1.82, 2.24) is 5.32 Å². The van der Waals surface area contributed by atoms with Gasteiger partial charge >= 0.3 is 0 Å². The summed E-state index contributed by atoms with van der Waals surface area (Å²) >= 11 is 0. The van der Waals surface area contributed by atoms with E-state index in [9.17, 15) is 4.39 Å². The minimum atomic E-state index is -0.298. The lowest BCUT2D eigenvalue weighted by molar-refractivity contribution is 0.262. The lowest BCUT2D eigenvalue weighted by atomic mass is 10.2. The topological polar surface area (TPSA) is 21.3 Å². The second-order valence-corrected chi connectivity index (χ2v) is 4.10. The maximum atomic E-state index is 13.3. The average molecular weight is 225 g/mol. The van der Waals surface area contributed by atoms with E-state index >= 15 is 0 Å². The Labute approximate surface area is 96.8 Å². The second-order valence-electron chi connectivity index (χ2n) is 4.10. The number of benzene rings is 1. The van der Waals surface area contributed by atoms with Crippen LogP contribution in [-0.2, 0) is 0 Å². The number of ether oxygens (including phenoxy) is 1. The molecule has 1 aromatic carbocycles. The third kappa shape index (κ3) is 4.19. The van der Waals surface area contributed by atoms with E-state index in [1.807, 2.05) is 13.8 Å². The molecular formula is C13H20FNO. The molecule has 90 valence electrons. The summed E-state index contributed by atoms with van der Waals surface area (Å²) in [4.78, 5) is 0. The largest absolute Gasteiger partial charge is 0.489 e. The van der Waals surface area contributed by atoms with Crippen molar-refractivity contribution in [3.8, 4) is 5.75 Å². The molecule has 0 radical (unpaired) electrons. The van der Waals surface area contributed by atoms with Crippen molar-refractivity contribution in [2.75, 3.05) is 13.2 Å².